The Hall–Kier alpha value is -5.32. The van der Waals surface area contributed by atoms with Crippen LogP contribution in [-0.4, -0.2) is 45.0 Å². The average Bonchev–Trinajstić information content (AvgIpc) is 3.44. The molecular formula is C30H28N10O. The van der Waals surface area contributed by atoms with Gasteiger partial charge in [0.25, 0.3) is 5.91 Å². The maximum atomic E-state index is 10.6. The van der Waals surface area contributed by atoms with E-state index in [4.69, 9.17) is 21.4 Å². The summed E-state index contributed by atoms with van der Waals surface area (Å²) in [5, 5.41) is 8.33. The highest BCUT2D eigenvalue weighted by Crippen LogP contribution is 2.34. The average molecular weight is 545 g/mol. The summed E-state index contributed by atoms with van der Waals surface area (Å²) >= 11 is 0. The van der Waals surface area contributed by atoms with E-state index in [-0.39, 0.29) is 0 Å². The summed E-state index contributed by atoms with van der Waals surface area (Å²) in [6.07, 6.45) is 12.9. The van der Waals surface area contributed by atoms with Gasteiger partial charge in [0, 0.05) is 30.5 Å². The van der Waals surface area contributed by atoms with Gasteiger partial charge in [-0.2, -0.15) is 10.2 Å². The van der Waals surface area contributed by atoms with E-state index < -0.39 is 5.91 Å². The Bertz CT molecular complexity index is 1880. The number of nitrogen functional groups attached to an aromatic ring is 1. The Morgan fingerprint density at radius 2 is 1.80 bits per heavy atom. The Balaban J connectivity index is 0.000000210. The number of nitrogens with two attached hydrogens (primary N) is 2. The van der Waals surface area contributed by atoms with Crippen LogP contribution in [0.1, 0.15) is 46.9 Å². The van der Waals surface area contributed by atoms with Crippen molar-refractivity contribution in [3.8, 4) is 22.9 Å². The van der Waals surface area contributed by atoms with Gasteiger partial charge in [-0.3, -0.25) is 14.0 Å². The highest BCUT2D eigenvalue weighted by atomic mass is 16.1. The number of amides is 1. The predicted octanol–water partition coefficient (Wildman–Crippen LogP) is 4.06. The summed E-state index contributed by atoms with van der Waals surface area (Å²) in [6.45, 7) is 0. The summed E-state index contributed by atoms with van der Waals surface area (Å²) in [7, 11) is 0. The van der Waals surface area contributed by atoms with Gasteiger partial charge in [0.05, 0.1) is 11.6 Å². The molecule has 1 saturated carbocycles. The van der Waals surface area contributed by atoms with Gasteiger partial charge >= 0.3 is 0 Å². The molecule has 0 radical (unpaired) electrons. The second-order valence-electron chi connectivity index (χ2n) is 10.3. The van der Waals surface area contributed by atoms with E-state index >= 15 is 0 Å². The number of carbonyl (C=O) groups is 1. The first-order chi connectivity index (χ1) is 20.0. The molecule has 1 fully saturated rings. The first-order valence-electron chi connectivity index (χ1n) is 13.6. The molecule has 0 bridgehead atoms. The predicted molar refractivity (Wildman–Crippen MR) is 155 cm³/mol. The van der Waals surface area contributed by atoms with Crippen LogP contribution in [0.25, 0.3) is 34.1 Å². The van der Waals surface area contributed by atoms with Gasteiger partial charge < -0.3 is 11.5 Å². The lowest BCUT2D eigenvalue weighted by Gasteiger charge is -2.12. The van der Waals surface area contributed by atoms with Crippen molar-refractivity contribution in [2.24, 2.45) is 5.73 Å². The van der Waals surface area contributed by atoms with Crippen molar-refractivity contribution >= 4 is 22.9 Å². The maximum absolute atomic E-state index is 10.6. The third-order valence-electron chi connectivity index (χ3n) is 7.43. The number of hydrogen-bond donors (Lipinski definition) is 2. The molecule has 1 aromatic carbocycles. The largest absolute Gasteiger partial charge is 0.383 e. The Morgan fingerprint density at radius 3 is 2.56 bits per heavy atom. The van der Waals surface area contributed by atoms with E-state index in [1.807, 2.05) is 36.5 Å². The number of fused-ring (bicyclic) bond motifs is 2. The second-order valence-corrected chi connectivity index (χ2v) is 10.3. The quantitative estimate of drug-likeness (QED) is 0.332. The summed E-state index contributed by atoms with van der Waals surface area (Å²) in [4.78, 5) is 24.7. The number of aryl methyl sites for hydroxylation is 2. The Labute approximate surface area is 235 Å². The number of carbonyl (C=O) groups excluding carboxylic acids is 1. The molecule has 11 nitrogen and oxygen atoms in total. The van der Waals surface area contributed by atoms with Crippen LogP contribution in [0.15, 0.2) is 79.4 Å². The monoisotopic (exact) mass is 544 g/mol. The molecule has 1 amide bonds. The molecule has 41 heavy (non-hydrogen) atoms. The molecule has 5 aromatic heterocycles. The van der Waals surface area contributed by atoms with Crippen LogP contribution in [0, 0.1) is 0 Å². The molecule has 11 heteroatoms. The molecule has 0 unspecified atom stereocenters. The highest BCUT2D eigenvalue weighted by Gasteiger charge is 2.24. The van der Waals surface area contributed by atoms with Crippen LogP contribution >= 0.6 is 0 Å². The molecule has 6 aromatic rings. The number of pyridine rings is 2. The highest BCUT2D eigenvalue weighted by molar-refractivity contribution is 5.90. The number of anilines is 1. The summed E-state index contributed by atoms with van der Waals surface area (Å²) in [6, 6.07) is 18.4. The number of aromatic nitrogens is 8. The molecule has 5 heterocycles. The molecule has 0 atom stereocenters. The number of benzene rings is 1. The third-order valence-corrected chi connectivity index (χ3v) is 7.43. The first-order valence-corrected chi connectivity index (χ1v) is 13.6. The van der Waals surface area contributed by atoms with Gasteiger partial charge in [-0.15, -0.1) is 0 Å². The molecular weight excluding hydrogens is 516 g/mol. The van der Waals surface area contributed by atoms with Gasteiger partial charge in [0.2, 0.25) is 0 Å². The fourth-order valence-corrected chi connectivity index (χ4v) is 5.22. The Morgan fingerprint density at radius 1 is 0.927 bits per heavy atom. The second kappa shape index (κ2) is 10.0. The fraction of sp³-hybridized carbons (Fsp3) is 0.200. The van der Waals surface area contributed by atoms with E-state index in [1.165, 1.54) is 30.4 Å². The van der Waals surface area contributed by atoms with Crippen molar-refractivity contribution in [2.75, 3.05) is 5.73 Å². The lowest BCUT2D eigenvalue weighted by molar-refractivity contribution is 0.0994. The van der Waals surface area contributed by atoms with Gasteiger partial charge in [-0.1, -0.05) is 6.07 Å². The zero-order valence-electron chi connectivity index (χ0n) is 22.3. The Kier molecular flexibility index (Phi) is 6.03. The van der Waals surface area contributed by atoms with Gasteiger partial charge in [0.15, 0.2) is 17.3 Å². The molecule has 0 spiro atoms. The zero-order valence-corrected chi connectivity index (χ0v) is 22.3. The summed E-state index contributed by atoms with van der Waals surface area (Å²) in [5.41, 5.74) is 17.8. The van der Waals surface area contributed by atoms with Gasteiger partial charge in [0.1, 0.15) is 17.0 Å². The standard InChI is InChI=1S/C23H19N7.C7H9N3O/c24-21-18(6-2-11-25-21)22-27-19-9-10-20(29-13-3-12-26-29)28-23(19)30(22)17-8-7-15-4-1-5-16(15)14-17;8-7(11)6-3-4-10(9-6)5-1-2-5/h2-3,6-14H,1,4-5H2,(H2,24,25);3-5H,1-2H2,(H2,8,11). The van der Waals surface area contributed by atoms with E-state index in [0.717, 1.165) is 46.9 Å². The minimum absolute atomic E-state index is 0.358. The number of hydrogen-bond acceptors (Lipinski definition) is 7. The number of imidazole rings is 1. The molecule has 0 aliphatic heterocycles. The lowest BCUT2D eigenvalue weighted by atomic mass is 10.1. The molecule has 204 valence electrons. The normalized spacial score (nSPS) is 14.0. The molecule has 0 saturated heterocycles. The van der Waals surface area contributed by atoms with Crippen molar-refractivity contribution in [2.45, 2.75) is 38.1 Å². The fourth-order valence-electron chi connectivity index (χ4n) is 5.22. The van der Waals surface area contributed by atoms with Crippen molar-refractivity contribution < 1.29 is 4.79 Å². The van der Waals surface area contributed by atoms with E-state index in [1.54, 1.807) is 34.0 Å². The van der Waals surface area contributed by atoms with E-state index in [0.29, 0.717) is 17.6 Å². The van der Waals surface area contributed by atoms with Crippen LogP contribution < -0.4 is 11.5 Å². The molecule has 2 aliphatic carbocycles. The smallest absolute Gasteiger partial charge is 0.269 e. The van der Waals surface area contributed by atoms with Crippen molar-refractivity contribution in [3.05, 3.63) is 96.2 Å². The van der Waals surface area contributed by atoms with Gasteiger partial charge in [-0.05, 0) is 91.8 Å². The minimum Gasteiger partial charge on any atom is -0.383 e. The van der Waals surface area contributed by atoms with E-state index in [2.05, 4.69) is 37.9 Å². The van der Waals surface area contributed by atoms with Crippen LogP contribution in [0.2, 0.25) is 0 Å². The number of nitrogens with zero attached hydrogens (tertiary/aromatic N) is 8. The van der Waals surface area contributed by atoms with Crippen LogP contribution in [0.3, 0.4) is 0 Å². The minimum atomic E-state index is -0.454. The first kappa shape index (κ1) is 24.7. The van der Waals surface area contributed by atoms with Crippen LogP contribution in [-0.2, 0) is 12.8 Å². The SMILES string of the molecule is NC(=O)c1ccn(C2CC2)n1.Nc1ncccc1-c1nc2ccc(-n3cccn3)nc2n1-c1ccc2c(c1)CCC2. The number of primary amides is 1. The van der Waals surface area contributed by atoms with E-state index in [9.17, 15) is 4.79 Å². The molecule has 8 rings (SSSR count). The molecule has 2 aliphatic rings. The van der Waals surface area contributed by atoms with Crippen LogP contribution in [0.5, 0.6) is 0 Å². The lowest BCUT2D eigenvalue weighted by Crippen LogP contribution is -2.12. The maximum Gasteiger partial charge on any atom is 0.269 e. The zero-order chi connectivity index (χ0) is 27.9. The van der Waals surface area contributed by atoms with Crippen molar-refractivity contribution in [1.82, 2.24) is 39.1 Å². The molecule has 4 N–H and O–H groups in total. The topological polar surface area (TPSA) is 148 Å². The van der Waals surface area contributed by atoms with Crippen LogP contribution in [0.4, 0.5) is 5.82 Å². The number of rotatable bonds is 5. The van der Waals surface area contributed by atoms with Gasteiger partial charge in [-0.25, -0.2) is 19.6 Å². The summed E-state index contributed by atoms with van der Waals surface area (Å²) < 4.78 is 5.63. The van der Waals surface area contributed by atoms with Crippen molar-refractivity contribution in [3.63, 3.8) is 0 Å². The third kappa shape index (κ3) is 4.71. The summed E-state index contributed by atoms with van der Waals surface area (Å²) in [5.74, 6) is 1.46. The van der Waals surface area contributed by atoms with Crippen molar-refractivity contribution in [1.29, 1.82) is 0 Å².